The van der Waals surface area contributed by atoms with E-state index in [0.717, 1.165) is 23.4 Å². The minimum atomic E-state index is -3.52. The van der Waals surface area contributed by atoms with E-state index in [9.17, 15) is 13.2 Å². The van der Waals surface area contributed by atoms with Crippen molar-refractivity contribution >= 4 is 32.5 Å². The number of carbonyl (C=O) groups is 1. The van der Waals surface area contributed by atoms with Crippen LogP contribution in [0.25, 0.3) is 0 Å². The van der Waals surface area contributed by atoms with Gasteiger partial charge >= 0.3 is 6.03 Å². The molecule has 31 heavy (non-hydrogen) atoms. The lowest BCUT2D eigenvalue weighted by Gasteiger charge is -2.26. The van der Waals surface area contributed by atoms with Crippen LogP contribution in [0.5, 0.6) is 0 Å². The summed E-state index contributed by atoms with van der Waals surface area (Å²) < 4.78 is 32.0. The van der Waals surface area contributed by atoms with E-state index in [0.29, 0.717) is 37.4 Å². The first-order valence-electron chi connectivity index (χ1n) is 10.6. The molecule has 2 N–H and O–H groups in total. The number of ether oxygens (including phenoxy) is 1. The number of anilines is 1. The molecule has 2 fully saturated rings. The van der Waals surface area contributed by atoms with E-state index < -0.39 is 10.0 Å². The molecule has 2 heterocycles. The zero-order chi connectivity index (χ0) is 21.7. The van der Waals surface area contributed by atoms with Crippen LogP contribution in [0, 0.1) is 0 Å². The maximum absolute atomic E-state index is 12.7. The quantitative estimate of drug-likeness (QED) is 0.678. The van der Waals surface area contributed by atoms with E-state index in [2.05, 4.69) is 20.8 Å². The second-order valence-electron chi connectivity index (χ2n) is 7.75. The Labute approximate surface area is 186 Å². The number of amides is 2. The summed E-state index contributed by atoms with van der Waals surface area (Å²) in [6.07, 6.45) is 6.00. The number of rotatable bonds is 6. The minimum absolute atomic E-state index is 0.242. The van der Waals surface area contributed by atoms with E-state index >= 15 is 0 Å². The lowest BCUT2D eigenvalue weighted by Crippen LogP contribution is -2.40. The molecule has 168 valence electrons. The average molecular weight is 466 g/mol. The molecule has 0 atom stereocenters. The number of urea groups is 1. The highest BCUT2D eigenvalue weighted by molar-refractivity contribution is 7.89. The zero-order valence-electron chi connectivity index (χ0n) is 17.2. The molecule has 4 rings (SSSR count). The number of carbonyl (C=O) groups excluding carboxylic acids is 1. The first-order chi connectivity index (χ1) is 15.0. The van der Waals surface area contributed by atoms with Crippen molar-refractivity contribution < 1.29 is 17.9 Å². The fraction of sp³-hybridized carbons (Fsp3) is 0.550. The number of aromatic nitrogens is 2. The molecule has 9 nitrogen and oxygen atoms in total. The Bertz CT molecular complexity index is 981. The molecule has 1 aromatic carbocycles. The molecule has 1 saturated carbocycles. The Morgan fingerprint density at radius 2 is 1.81 bits per heavy atom. The van der Waals surface area contributed by atoms with Gasteiger partial charge in [0.25, 0.3) is 0 Å². The molecule has 1 aliphatic heterocycles. The van der Waals surface area contributed by atoms with Crippen molar-refractivity contribution in [2.24, 2.45) is 0 Å². The van der Waals surface area contributed by atoms with E-state index in [-0.39, 0.29) is 17.5 Å². The van der Waals surface area contributed by atoms with Crippen LogP contribution in [0.1, 0.15) is 48.6 Å². The van der Waals surface area contributed by atoms with Gasteiger partial charge in [-0.15, -0.1) is 10.2 Å². The van der Waals surface area contributed by atoms with Crippen molar-refractivity contribution in [1.29, 1.82) is 0 Å². The van der Waals surface area contributed by atoms with Crippen molar-refractivity contribution in [3.8, 4) is 0 Å². The van der Waals surface area contributed by atoms with Crippen LogP contribution in [-0.2, 0) is 21.3 Å². The Balaban J connectivity index is 1.28. The van der Waals surface area contributed by atoms with Crippen LogP contribution in [0.2, 0.25) is 0 Å². The van der Waals surface area contributed by atoms with Gasteiger partial charge in [0.2, 0.25) is 15.2 Å². The second kappa shape index (κ2) is 10.0. The third-order valence-corrected chi connectivity index (χ3v) is 8.51. The number of hydrogen-bond donors (Lipinski definition) is 2. The van der Waals surface area contributed by atoms with Crippen LogP contribution in [-0.4, -0.2) is 55.3 Å². The highest BCUT2D eigenvalue weighted by atomic mass is 32.2. The summed E-state index contributed by atoms with van der Waals surface area (Å²) in [5.74, 6) is 0.456. The third kappa shape index (κ3) is 5.59. The Morgan fingerprint density at radius 3 is 2.52 bits per heavy atom. The van der Waals surface area contributed by atoms with Gasteiger partial charge in [-0.2, -0.15) is 4.31 Å². The predicted molar refractivity (Wildman–Crippen MR) is 118 cm³/mol. The highest BCUT2D eigenvalue weighted by Gasteiger charge is 2.26. The molecule has 0 bridgehead atoms. The van der Waals surface area contributed by atoms with Gasteiger partial charge in [0.1, 0.15) is 5.01 Å². The number of sulfonamides is 1. The van der Waals surface area contributed by atoms with Gasteiger partial charge in [-0.05, 0) is 30.5 Å². The Kier molecular flexibility index (Phi) is 7.16. The Hall–Kier alpha value is -2.08. The normalized spacial score (nSPS) is 18.6. The third-order valence-electron chi connectivity index (χ3n) is 5.60. The Morgan fingerprint density at radius 1 is 1.10 bits per heavy atom. The van der Waals surface area contributed by atoms with Gasteiger partial charge in [-0.3, -0.25) is 5.32 Å². The molecule has 1 aromatic heterocycles. The van der Waals surface area contributed by atoms with Crippen molar-refractivity contribution in [3.63, 3.8) is 0 Å². The summed E-state index contributed by atoms with van der Waals surface area (Å²) in [5, 5.41) is 15.3. The van der Waals surface area contributed by atoms with E-state index in [1.807, 2.05) is 0 Å². The van der Waals surface area contributed by atoms with Crippen molar-refractivity contribution in [1.82, 2.24) is 19.8 Å². The number of hydrogen-bond acceptors (Lipinski definition) is 7. The van der Waals surface area contributed by atoms with Gasteiger partial charge in [0.15, 0.2) is 0 Å². The molecular formula is C20H27N5O4S2. The second-order valence-corrected chi connectivity index (χ2v) is 10.7. The van der Waals surface area contributed by atoms with Crippen molar-refractivity contribution in [2.45, 2.75) is 49.5 Å². The maximum atomic E-state index is 12.7. The van der Waals surface area contributed by atoms with E-state index in [4.69, 9.17) is 4.74 Å². The first kappa shape index (κ1) is 22.1. The van der Waals surface area contributed by atoms with E-state index in [1.165, 1.54) is 34.9 Å². The monoisotopic (exact) mass is 465 g/mol. The molecule has 2 aromatic rings. The number of morpholine rings is 1. The molecule has 1 aliphatic carbocycles. The molecular weight excluding hydrogens is 438 g/mol. The standard InChI is InChI=1S/C20H27N5O4S2/c26-19(22-20-24-23-18(30-20)16-4-2-1-3-5-16)21-14-15-6-8-17(9-7-15)31(27,28)25-10-12-29-13-11-25/h6-9,16H,1-5,10-14H2,(H2,21,22,24,26). The fourth-order valence-corrected chi connectivity index (χ4v) is 6.15. The largest absolute Gasteiger partial charge is 0.379 e. The number of nitrogens with one attached hydrogen (secondary N) is 2. The van der Waals surface area contributed by atoms with Gasteiger partial charge in [0, 0.05) is 25.6 Å². The van der Waals surface area contributed by atoms with Gasteiger partial charge in [-0.1, -0.05) is 42.7 Å². The molecule has 2 aliphatic rings. The first-order valence-corrected chi connectivity index (χ1v) is 12.8. The predicted octanol–water partition coefficient (Wildman–Crippen LogP) is 2.93. The highest BCUT2D eigenvalue weighted by Crippen LogP contribution is 2.35. The summed E-state index contributed by atoms with van der Waals surface area (Å²) >= 11 is 1.43. The van der Waals surface area contributed by atoms with E-state index in [1.54, 1.807) is 24.3 Å². The smallest absolute Gasteiger partial charge is 0.321 e. The lowest BCUT2D eigenvalue weighted by molar-refractivity contribution is 0.0730. The molecule has 0 spiro atoms. The summed E-state index contributed by atoms with van der Waals surface area (Å²) in [7, 11) is -3.52. The summed E-state index contributed by atoms with van der Waals surface area (Å²) in [6, 6.07) is 6.19. The number of nitrogens with zero attached hydrogens (tertiary/aromatic N) is 3. The molecule has 11 heteroatoms. The lowest BCUT2D eigenvalue weighted by atomic mass is 9.90. The molecule has 2 amide bonds. The van der Waals surface area contributed by atoms with Crippen molar-refractivity contribution in [2.75, 3.05) is 31.6 Å². The SMILES string of the molecule is O=C(NCc1ccc(S(=O)(=O)N2CCOCC2)cc1)Nc1nnc(C2CCCCC2)s1. The van der Waals surface area contributed by atoms with Crippen LogP contribution < -0.4 is 10.6 Å². The topological polar surface area (TPSA) is 114 Å². The van der Waals surface area contributed by atoms with Gasteiger partial charge in [0.05, 0.1) is 18.1 Å². The molecule has 0 unspecified atom stereocenters. The zero-order valence-corrected chi connectivity index (χ0v) is 18.9. The van der Waals surface area contributed by atoms with Crippen LogP contribution in [0.3, 0.4) is 0 Å². The number of benzene rings is 1. The van der Waals surface area contributed by atoms with Crippen molar-refractivity contribution in [3.05, 3.63) is 34.8 Å². The minimum Gasteiger partial charge on any atom is -0.379 e. The van der Waals surface area contributed by atoms with Crippen LogP contribution in [0.15, 0.2) is 29.2 Å². The fourth-order valence-electron chi connectivity index (χ4n) is 3.84. The van der Waals surface area contributed by atoms with Crippen LogP contribution >= 0.6 is 11.3 Å². The van der Waals surface area contributed by atoms with Gasteiger partial charge < -0.3 is 10.1 Å². The summed E-state index contributed by atoms with van der Waals surface area (Å²) in [4.78, 5) is 12.4. The molecule has 1 saturated heterocycles. The summed E-state index contributed by atoms with van der Waals surface area (Å²) in [6.45, 7) is 1.82. The van der Waals surface area contributed by atoms with Gasteiger partial charge in [-0.25, -0.2) is 13.2 Å². The van der Waals surface area contributed by atoms with Crippen LogP contribution in [0.4, 0.5) is 9.93 Å². The molecule has 0 radical (unpaired) electrons. The average Bonchev–Trinajstić information content (AvgIpc) is 3.27. The maximum Gasteiger partial charge on any atom is 0.321 e. The summed E-state index contributed by atoms with van der Waals surface area (Å²) in [5.41, 5.74) is 0.802.